The van der Waals surface area contributed by atoms with E-state index in [1.807, 2.05) is 13.8 Å². The van der Waals surface area contributed by atoms with Gasteiger partial charge in [0, 0.05) is 12.6 Å². The molecule has 0 aromatic heterocycles. The Hall–Kier alpha value is -1.30. The van der Waals surface area contributed by atoms with Gasteiger partial charge in [0.25, 0.3) is 0 Å². The molecule has 1 aliphatic carbocycles. The Balaban J connectivity index is 2.15. The molecule has 1 rings (SSSR count). The number of nitrogens with one attached hydrogen (secondary N) is 2. The number of carbonyl (C=O) groups is 2. The smallest absolute Gasteiger partial charge is 0.315 e. The van der Waals surface area contributed by atoms with Crippen LogP contribution in [0.15, 0.2) is 0 Å². The third-order valence-corrected chi connectivity index (χ3v) is 3.56. The van der Waals surface area contributed by atoms with Crippen molar-refractivity contribution in [1.29, 1.82) is 0 Å². The van der Waals surface area contributed by atoms with Crippen LogP contribution in [0.3, 0.4) is 0 Å². The molecule has 0 heterocycles. The Kier molecular flexibility index (Phi) is 7.36. The third-order valence-electron chi connectivity index (χ3n) is 3.56. The van der Waals surface area contributed by atoms with Crippen LogP contribution in [0, 0.1) is 5.92 Å². The summed E-state index contributed by atoms with van der Waals surface area (Å²) in [5, 5.41) is 14.2. The lowest BCUT2D eigenvalue weighted by molar-refractivity contribution is -0.137. The quantitative estimate of drug-likeness (QED) is 0.593. The minimum atomic E-state index is -0.909. The molecule has 1 unspecified atom stereocenters. The normalized spacial score (nSPS) is 17.1. The third kappa shape index (κ3) is 6.75. The fourth-order valence-corrected chi connectivity index (χ4v) is 2.31. The van der Waals surface area contributed by atoms with Crippen LogP contribution in [0.5, 0.6) is 0 Å². The standard InChI is InChI=1S/C14H26N2O4/c1-10(2)12(9-13(17)18)16-14(19)15-7-8-20-11-5-3-4-6-11/h10-12H,3-9H2,1-2H3,(H,17,18)(H2,15,16,19). The topological polar surface area (TPSA) is 87.7 Å². The lowest BCUT2D eigenvalue weighted by atomic mass is 10.0. The highest BCUT2D eigenvalue weighted by Crippen LogP contribution is 2.20. The van der Waals surface area contributed by atoms with Gasteiger partial charge in [-0.3, -0.25) is 4.79 Å². The minimum Gasteiger partial charge on any atom is -0.481 e. The molecule has 0 aromatic carbocycles. The Bertz CT molecular complexity index is 314. The second-order valence-electron chi connectivity index (χ2n) is 5.63. The molecule has 116 valence electrons. The maximum atomic E-state index is 11.7. The van der Waals surface area contributed by atoms with Crippen LogP contribution in [-0.4, -0.2) is 42.4 Å². The van der Waals surface area contributed by atoms with Gasteiger partial charge in [-0.1, -0.05) is 26.7 Å². The van der Waals surface area contributed by atoms with E-state index >= 15 is 0 Å². The molecule has 1 fully saturated rings. The van der Waals surface area contributed by atoms with E-state index < -0.39 is 5.97 Å². The fourth-order valence-electron chi connectivity index (χ4n) is 2.31. The monoisotopic (exact) mass is 286 g/mol. The molecule has 0 bridgehead atoms. The van der Waals surface area contributed by atoms with Crippen molar-refractivity contribution in [2.75, 3.05) is 13.2 Å². The molecule has 3 N–H and O–H groups in total. The van der Waals surface area contributed by atoms with Crippen molar-refractivity contribution in [3.05, 3.63) is 0 Å². The van der Waals surface area contributed by atoms with Gasteiger partial charge in [0.2, 0.25) is 0 Å². The first kappa shape index (κ1) is 16.8. The Morgan fingerprint density at radius 2 is 1.95 bits per heavy atom. The van der Waals surface area contributed by atoms with Crippen LogP contribution in [0.4, 0.5) is 4.79 Å². The van der Waals surface area contributed by atoms with E-state index in [0.29, 0.717) is 19.3 Å². The summed E-state index contributed by atoms with van der Waals surface area (Å²) in [7, 11) is 0. The van der Waals surface area contributed by atoms with Crippen molar-refractivity contribution in [3.63, 3.8) is 0 Å². The molecule has 1 saturated carbocycles. The van der Waals surface area contributed by atoms with Gasteiger partial charge in [-0.15, -0.1) is 0 Å². The molecule has 0 spiro atoms. The molecule has 0 aliphatic heterocycles. The number of carbonyl (C=O) groups excluding carboxylic acids is 1. The number of aliphatic carboxylic acids is 1. The summed E-state index contributed by atoms with van der Waals surface area (Å²) in [4.78, 5) is 22.4. The van der Waals surface area contributed by atoms with E-state index in [2.05, 4.69) is 10.6 Å². The molecular formula is C14H26N2O4. The van der Waals surface area contributed by atoms with E-state index in [1.54, 1.807) is 0 Å². The second kappa shape index (κ2) is 8.79. The van der Waals surface area contributed by atoms with Gasteiger partial charge in [-0.2, -0.15) is 0 Å². The number of ether oxygens (including phenoxy) is 1. The Morgan fingerprint density at radius 1 is 1.30 bits per heavy atom. The number of hydrogen-bond acceptors (Lipinski definition) is 3. The maximum absolute atomic E-state index is 11.7. The SMILES string of the molecule is CC(C)C(CC(=O)O)NC(=O)NCCOC1CCCC1. The summed E-state index contributed by atoms with van der Waals surface area (Å²) in [6.45, 7) is 4.72. The van der Waals surface area contributed by atoms with E-state index in [-0.39, 0.29) is 24.4 Å². The lowest BCUT2D eigenvalue weighted by Gasteiger charge is -2.21. The fraction of sp³-hybridized carbons (Fsp3) is 0.857. The van der Waals surface area contributed by atoms with Crippen molar-refractivity contribution in [1.82, 2.24) is 10.6 Å². The van der Waals surface area contributed by atoms with Crippen LogP contribution in [-0.2, 0) is 9.53 Å². The van der Waals surface area contributed by atoms with Crippen LogP contribution in [0.25, 0.3) is 0 Å². The molecule has 0 aromatic rings. The van der Waals surface area contributed by atoms with Crippen molar-refractivity contribution in [2.45, 2.75) is 58.1 Å². The zero-order chi connectivity index (χ0) is 15.0. The molecule has 0 saturated heterocycles. The molecule has 20 heavy (non-hydrogen) atoms. The first-order valence-corrected chi connectivity index (χ1v) is 7.36. The highest BCUT2D eigenvalue weighted by molar-refractivity contribution is 5.75. The van der Waals surface area contributed by atoms with Gasteiger partial charge in [0.05, 0.1) is 19.1 Å². The summed E-state index contributed by atoms with van der Waals surface area (Å²) in [5.41, 5.74) is 0. The predicted molar refractivity (Wildman–Crippen MR) is 75.6 cm³/mol. The molecule has 0 radical (unpaired) electrons. The van der Waals surface area contributed by atoms with Gasteiger partial charge in [0.1, 0.15) is 0 Å². The van der Waals surface area contributed by atoms with Gasteiger partial charge in [0.15, 0.2) is 0 Å². The number of rotatable bonds is 8. The van der Waals surface area contributed by atoms with E-state index in [0.717, 1.165) is 12.8 Å². The van der Waals surface area contributed by atoms with Crippen LogP contribution in [0.2, 0.25) is 0 Å². The van der Waals surface area contributed by atoms with Crippen LogP contribution < -0.4 is 10.6 Å². The number of carboxylic acids is 1. The van der Waals surface area contributed by atoms with Gasteiger partial charge in [-0.05, 0) is 18.8 Å². The summed E-state index contributed by atoms with van der Waals surface area (Å²) >= 11 is 0. The second-order valence-corrected chi connectivity index (χ2v) is 5.63. The Labute approximate surface area is 120 Å². The molecular weight excluding hydrogens is 260 g/mol. The first-order valence-electron chi connectivity index (χ1n) is 7.36. The number of amides is 2. The Morgan fingerprint density at radius 3 is 2.50 bits per heavy atom. The van der Waals surface area contributed by atoms with Gasteiger partial charge >= 0.3 is 12.0 Å². The predicted octanol–water partition coefficient (Wildman–Crippen LogP) is 1.74. The average molecular weight is 286 g/mol. The lowest BCUT2D eigenvalue weighted by Crippen LogP contribution is -2.46. The zero-order valence-electron chi connectivity index (χ0n) is 12.4. The largest absolute Gasteiger partial charge is 0.481 e. The summed E-state index contributed by atoms with van der Waals surface area (Å²) in [5.74, 6) is -0.833. The van der Waals surface area contributed by atoms with Crippen LogP contribution in [0.1, 0.15) is 46.0 Å². The van der Waals surface area contributed by atoms with Crippen molar-refractivity contribution in [3.8, 4) is 0 Å². The van der Waals surface area contributed by atoms with E-state index in [1.165, 1.54) is 12.8 Å². The summed E-state index contributed by atoms with van der Waals surface area (Å²) in [6, 6.07) is -0.691. The number of carboxylic acid groups (broad SMARTS) is 1. The van der Waals surface area contributed by atoms with Crippen molar-refractivity contribution >= 4 is 12.0 Å². The van der Waals surface area contributed by atoms with Crippen LogP contribution >= 0.6 is 0 Å². The van der Waals surface area contributed by atoms with Crippen molar-refractivity contribution < 1.29 is 19.4 Å². The highest BCUT2D eigenvalue weighted by atomic mass is 16.5. The molecule has 6 nitrogen and oxygen atoms in total. The van der Waals surface area contributed by atoms with E-state index in [4.69, 9.17) is 9.84 Å². The van der Waals surface area contributed by atoms with Gasteiger partial charge in [-0.25, -0.2) is 4.79 Å². The molecule has 1 aliphatic rings. The first-order chi connectivity index (χ1) is 9.49. The average Bonchev–Trinajstić information content (AvgIpc) is 2.86. The summed E-state index contributed by atoms with van der Waals surface area (Å²) < 4.78 is 5.63. The summed E-state index contributed by atoms with van der Waals surface area (Å²) in [6.07, 6.45) is 4.95. The highest BCUT2D eigenvalue weighted by Gasteiger charge is 2.19. The zero-order valence-corrected chi connectivity index (χ0v) is 12.4. The van der Waals surface area contributed by atoms with Gasteiger partial charge < -0.3 is 20.5 Å². The number of urea groups is 1. The van der Waals surface area contributed by atoms with E-state index in [9.17, 15) is 9.59 Å². The minimum absolute atomic E-state index is 0.0658. The van der Waals surface area contributed by atoms with Crippen molar-refractivity contribution in [2.24, 2.45) is 5.92 Å². The molecule has 6 heteroatoms. The molecule has 1 atom stereocenters. The molecule has 2 amide bonds. The maximum Gasteiger partial charge on any atom is 0.315 e. The number of hydrogen-bond donors (Lipinski definition) is 3.